The number of aryl methyl sites for hydroxylation is 2. The van der Waals surface area contributed by atoms with Crippen molar-refractivity contribution >= 4 is 17.8 Å². The maximum absolute atomic E-state index is 13.1. The molecule has 0 unspecified atom stereocenters. The predicted molar refractivity (Wildman–Crippen MR) is 114 cm³/mol. The third-order valence-electron chi connectivity index (χ3n) is 5.84. The van der Waals surface area contributed by atoms with Crippen LogP contribution in [-0.4, -0.2) is 94.3 Å². The fourth-order valence-corrected chi connectivity index (χ4v) is 4.39. The Bertz CT molecular complexity index is 823. The summed E-state index contributed by atoms with van der Waals surface area (Å²) >= 11 is 0. The van der Waals surface area contributed by atoms with E-state index in [4.69, 9.17) is 4.74 Å². The third kappa shape index (κ3) is 5.17. The predicted octanol–water partition coefficient (Wildman–Crippen LogP) is 0.354. The van der Waals surface area contributed by atoms with Crippen molar-refractivity contribution in [3.63, 3.8) is 0 Å². The molecule has 2 aliphatic heterocycles. The van der Waals surface area contributed by atoms with E-state index in [-0.39, 0.29) is 36.3 Å². The Balaban J connectivity index is 1.65. The molecule has 0 spiro atoms. The molecular formula is C21H34N6O4. The molecule has 4 amide bonds. The van der Waals surface area contributed by atoms with Crippen molar-refractivity contribution in [2.24, 2.45) is 13.0 Å². The standard InChI is InChI=1S/C21H34N6O4/c1-14(2)8-18-20(29)25(6-7-31-5)11-17-12-26(21(30)27(17)18)13-19(28)22-10-16-9-15(3)23-24(16)4/h9,14,17-18H,6-8,10-13H2,1-5H3,(H,22,28)/t17-,18-/m0/s1. The second-order valence-corrected chi connectivity index (χ2v) is 8.82. The van der Waals surface area contributed by atoms with Gasteiger partial charge in [0.1, 0.15) is 12.6 Å². The van der Waals surface area contributed by atoms with Crippen LogP contribution in [0.1, 0.15) is 31.7 Å². The summed E-state index contributed by atoms with van der Waals surface area (Å²) in [5, 5.41) is 7.13. The summed E-state index contributed by atoms with van der Waals surface area (Å²) in [7, 11) is 3.44. The number of piperazine rings is 1. The van der Waals surface area contributed by atoms with Crippen molar-refractivity contribution in [2.75, 3.05) is 39.9 Å². The van der Waals surface area contributed by atoms with Crippen LogP contribution in [0.4, 0.5) is 4.79 Å². The van der Waals surface area contributed by atoms with Crippen LogP contribution in [0.2, 0.25) is 0 Å². The van der Waals surface area contributed by atoms with Gasteiger partial charge in [0, 0.05) is 33.8 Å². The number of nitrogens with one attached hydrogen (secondary N) is 1. The highest BCUT2D eigenvalue weighted by Gasteiger charge is 2.49. The fraction of sp³-hybridized carbons (Fsp3) is 0.714. The van der Waals surface area contributed by atoms with E-state index >= 15 is 0 Å². The van der Waals surface area contributed by atoms with Crippen LogP contribution in [0.25, 0.3) is 0 Å². The van der Waals surface area contributed by atoms with Crippen molar-refractivity contribution in [2.45, 2.75) is 45.8 Å². The summed E-state index contributed by atoms with van der Waals surface area (Å²) in [6, 6.07) is 1.08. The van der Waals surface area contributed by atoms with Gasteiger partial charge in [-0.1, -0.05) is 13.8 Å². The van der Waals surface area contributed by atoms with Gasteiger partial charge < -0.3 is 24.8 Å². The average Bonchev–Trinajstić information content (AvgIpc) is 3.18. The van der Waals surface area contributed by atoms with Gasteiger partial charge in [0.15, 0.2) is 0 Å². The van der Waals surface area contributed by atoms with Crippen LogP contribution in [0.15, 0.2) is 6.07 Å². The molecule has 1 aromatic heterocycles. The fourth-order valence-electron chi connectivity index (χ4n) is 4.39. The van der Waals surface area contributed by atoms with Crippen molar-refractivity contribution in [1.29, 1.82) is 0 Å². The largest absolute Gasteiger partial charge is 0.383 e. The molecule has 1 N–H and O–H groups in total. The monoisotopic (exact) mass is 434 g/mol. The second kappa shape index (κ2) is 9.67. The molecule has 2 saturated heterocycles. The number of hydrogen-bond acceptors (Lipinski definition) is 5. The van der Waals surface area contributed by atoms with Crippen molar-refractivity contribution in [3.05, 3.63) is 17.5 Å². The molecule has 31 heavy (non-hydrogen) atoms. The topological polar surface area (TPSA) is 100 Å². The summed E-state index contributed by atoms with van der Waals surface area (Å²) in [5.41, 5.74) is 1.78. The number of aromatic nitrogens is 2. The molecule has 10 heteroatoms. The van der Waals surface area contributed by atoms with Gasteiger partial charge in [0.25, 0.3) is 0 Å². The maximum atomic E-state index is 13.1. The minimum atomic E-state index is -0.492. The lowest BCUT2D eigenvalue weighted by molar-refractivity contribution is -0.143. The van der Waals surface area contributed by atoms with E-state index in [0.29, 0.717) is 39.2 Å². The van der Waals surface area contributed by atoms with Crippen LogP contribution >= 0.6 is 0 Å². The van der Waals surface area contributed by atoms with E-state index in [9.17, 15) is 14.4 Å². The maximum Gasteiger partial charge on any atom is 0.321 e. The van der Waals surface area contributed by atoms with Crippen LogP contribution < -0.4 is 5.32 Å². The van der Waals surface area contributed by atoms with Gasteiger partial charge in [-0.3, -0.25) is 14.3 Å². The third-order valence-corrected chi connectivity index (χ3v) is 5.84. The number of carbonyl (C=O) groups is 3. The SMILES string of the molecule is COCCN1C[C@H]2CN(CC(=O)NCc3cc(C)nn3C)C(=O)N2[C@@H](CC(C)C)C1=O. The molecule has 0 radical (unpaired) electrons. The lowest BCUT2D eigenvalue weighted by atomic mass is 9.97. The zero-order chi connectivity index (χ0) is 22.7. The van der Waals surface area contributed by atoms with Gasteiger partial charge in [-0.05, 0) is 25.3 Å². The highest BCUT2D eigenvalue weighted by molar-refractivity contribution is 5.91. The van der Waals surface area contributed by atoms with E-state index in [1.54, 1.807) is 26.5 Å². The molecule has 2 fully saturated rings. The number of fused-ring (bicyclic) bond motifs is 1. The Morgan fingerprint density at radius 3 is 2.61 bits per heavy atom. The highest BCUT2D eigenvalue weighted by atomic mass is 16.5. The minimum absolute atomic E-state index is 0.0245. The summed E-state index contributed by atoms with van der Waals surface area (Å²) in [6.45, 7) is 8.18. The molecule has 0 aliphatic carbocycles. The van der Waals surface area contributed by atoms with Crippen LogP contribution in [0.3, 0.4) is 0 Å². The number of amides is 4. The van der Waals surface area contributed by atoms with Crippen molar-refractivity contribution < 1.29 is 19.1 Å². The first-order valence-corrected chi connectivity index (χ1v) is 10.8. The smallest absolute Gasteiger partial charge is 0.321 e. The zero-order valence-electron chi connectivity index (χ0n) is 19.1. The molecule has 0 aromatic carbocycles. The Kier molecular flexibility index (Phi) is 7.19. The van der Waals surface area contributed by atoms with Gasteiger partial charge in [-0.15, -0.1) is 0 Å². The Labute approximate surface area is 183 Å². The number of hydrogen-bond donors (Lipinski definition) is 1. The van der Waals surface area contributed by atoms with Crippen LogP contribution in [0, 0.1) is 12.8 Å². The second-order valence-electron chi connectivity index (χ2n) is 8.82. The van der Waals surface area contributed by atoms with Gasteiger partial charge in [-0.2, -0.15) is 5.10 Å². The molecule has 0 bridgehead atoms. The summed E-state index contributed by atoms with van der Waals surface area (Å²) < 4.78 is 6.87. The number of ether oxygens (including phenoxy) is 1. The van der Waals surface area contributed by atoms with E-state index in [1.807, 2.05) is 33.9 Å². The molecule has 3 heterocycles. The Morgan fingerprint density at radius 1 is 1.29 bits per heavy atom. The molecule has 2 aliphatic rings. The molecular weight excluding hydrogens is 400 g/mol. The number of urea groups is 1. The van der Waals surface area contributed by atoms with Crippen LogP contribution in [0.5, 0.6) is 0 Å². The van der Waals surface area contributed by atoms with Crippen LogP contribution in [-0.2, 0) is 27.9 Å². The molecule has 0 saturated carbocycles. The van der Waals surface area contributed by atoms with Gasteiger partial charge in [-0.25, -0.2) is 4.79 Å². The lowest BCUT2D eigenvalue weighted by Gasteiger charge is -2.42. The lowest BCUT2D eigenvalue weighted by Crippen LogP contribution is -2.61. The number of carbonyl (C=O) groups excluding carboxylic acids is 3. The summed E-state index contributed by atoms with van der Waals surface area (Å²) in [4.78, 5) is 43.7. The number of methoxy groups -OCH3 is 1. The first-order chi connectivity index (χ1) is 14.7. The molecule has 172 valence electrons. The molecule has 2 atom stereocenters. The van der Waals surface area contributed by atoms with Gasteiger partial charge in [0.2, 0.25) is 11.8 Å². The van der Waals surface area contributed by atoms with E-state index in [1.165, 1.54) is 0 Å². The van der Waals surface area contributed by atoms with Crippen molar-refractivity contribution in [1.82, 2.24) is 29.8 Å². The molecule has 3 rings (SSSR count). The Hall–Kier alpha value is -2.62. The quantitative estimate of drug-likeness (QED) is 0.605. The molecule has 1 aromatic rings. The zero-order valence-corrected chi connectivity index (χ0v) is 19.1. The number of nitrogens with zero attached hydrogens (tertiary/aromatic N) is 5. The Morgan fingerprint density at radius 2 is 2.00 bits per heavy atom. The van der Waals surface area contributed by atoms with Gasteiger partial charge in [0.05, 0.1) is 30.6 Å². The van der Waals surface area contributed by atoms with Gasteiger partial charge >= 0.3 is 6.03 Å². The minimum Gasteiger partial charge on any atom is -0.383 e. The van der Waals surface area contributed by atoms with E-state index in [2.05, 4.69) is 10.4 Å². The van der Waals surface area contributed by atoms with Crippen molar-refractivity contribution in [3.8, 4) is 0 Å². The highest BCUT2D eigenvalue weighted by Crippen LogP contribution is 2.29. The average molecular weight is 435 g/mol. The number of rotatable bonds is 9. The normalized spacial score (nSPS) is 21.3. The first-order valence-electron chi connectivity index (χ1n) is 10.8. The van der Waals surface area contributed by atoms with E-state index < -0.39 is 6.04 Å². The first kappa shape index (κ1) is 23.1. The molecule has 10 nitrogen and oxygen atoms in total. The summed E-state index contributed by atoms with van der Waals surface area (Å²) in [6.07, 6.45) is 0.602. The van der Waals surface area contributed by atoms with E-state index in [0.717, 1.165) is 11.4 Å². The summed E-state index contributed by atoms with van der Waals surface area (Å²) in [5.74, 6) is 0.00716.